The summed E-state index contributed by atoms with van der Waals surface area (Å²) < 4.78 is 12.9. The lowest BCUT2D eigenvalue weighted by molar-refractivity contribution is 0.0968. The van der Waals surface area contributed by atoms with E-state index in [1.165, 1.54) is 5.56 Å². The van der Waals surface area contributed by atoms with Crippen LogP contribution in [0.25, 0.3) is 10.9 Å². The van der Waals surface area contributed by atoms with Gasteiger partial charge in [0.05, 0.1) is 11.1 Å². The summed E-state index contributed by atoms with van der Waals surface area (Å²) in [7, 11) is 0. The maximum atomic E-state index is 13.6. The Morgan fingerprint density at radius 3 is 2.64 bits per heavy atom. The van der Waals surface area contributed by atoms with Crippen LogP contribution in [0.2, 0.25) is 0 Å². The predicted molar refractivity (Wildman–Crippen MR) is 148 cm³/mol. The van der Waals surface area contributed by atoms with E-state index in [1.807, 2.05) is 41.9 Å². The first-order chi connectivity index (χ1) is 18.8. The zero-order valence-corrected chi connectivity index (χ0v) is 23.0. The van der Waals surface area contributed by atoms with Gasteiger partial charge >= 0.3 is 0 Å². The van der Waals surface area contributed by atoms with Gasteiger partial charge in [-0.15, -0.1) is 5.10 Å². The summed E-state index contributed by atoms with van der Waals surface area (Å²) in [5.41, 5.74) is 3.38. The number of para-hydroxylation sites is 1. The molecule has 2 aromatic heterocycles. The molecular weight excluding hydrogens is 494 g/mol. The number of nitrogens with zero attached hydrogens (tertiary/aromatic N) is 6. The topological polar surface area (TPSA) is 101 Å². The number of hydrogen-bond acceptors (Lipinski definition) is 8. The van der Waals surface area contributed by atoms with Gasteiger partial charge < -0.3 is 14.5 Å². The number of nitrogens with one attached hydrogen (secondary N) is 1. The zero-order chi connectivity index (χ0) is 27.1. The fraction of sp³-hybridized carbons (Fsp3) is 0.448. The molecule has 0 aliphatic carbocycles. The zero-order valence-electron chi connectivity index (χ0n) is 23.0. The van der Waals surface area contributed by atoms with Gasteiger partial charge in [-0.1, -0.05) is 31.2 Å². The second kappa shape index (κ2) is 10.1. The van der Waals surface area contributed by atoms with Crippen molar-refractivity contribution >= 4 is 10.9 Å². The van der Waals surface area contributed by atoms with Crippen LogP contribution in [0.4, 0.5) is 0 Å². The van der Waals surface area contributed by atoms with Crippen molar-refractivity contribution in [2.75, 3.05) is 33.0 Å². The van der Waals surface area contributed by atoms with Crippen LogP contribution in [0, 0.1) is 6.92 Å². The Bertz CT molecular complexity index is 1550. The lowest BCUT2D eigenvalue weighted by Gasteiger charge is -2.39. The fourth-order valence-electron chi connectivity index (χ4n) is 5.53. The van der Waals surface area contributed by atoms with Crippen LogP contribution in [0.3, 0.4) is 0 Å². The van der Waals surface area contributed by atoms with Gasteiger partial charge in [0.1, 0.15) is 6.04 Å². The second-order valence-corrected chi connectivity index (χ2v) is 11.1. The Kier molecular flexibility index (Phi) is 6.60. The van der Waals surface area contributed by atoms with Crippen LogP contribution in [-0.2, 0) is 12.1 Å². The molecule has 6 rings (SSSR count). The number of H-pyrrole nitrogens is 1. The summed E-state index contributed by atoms with van der Waals surface area (Å²) in [6.07, 6.45) is 0.855. The third kappa shape index (κ3) is 4.79. The average Bonchev–Trinajstić information content (AvgIpc) is 3.61. The lowest BCUT2D eigenvalue weighted by atomic mass is 9.98. The summed E-state index contributed by atoms with van der Waals surface area (Å²) in [5.74, 6) is 2.31. The number of aromatic nitrogens is 5. The number of aromatic amines is 1. The number of rotatable bonds is 7. The van der Waals surface area contributed by atoms with Gasteiger partial charge in [0.25, 0.3) is 5.56 Å². The van der Waals surface area contributed by atoms with E-state index in [2.05, 4.69) is 63.2 Å². The number of tetrazole rings is 1. The molecule has 10 nitrogen and oxygen atoms in total. The Morgan fingerprint density at radius 2 is 1.85 bits per heavy atom. The molecule has 0 radical (unpaired) electrons. The monoisotopic (exact) mass is 529 g/mol. The molecule has 0 spiro atoms. The first-order valence-electron chi connectivity index (χ1n) is 13.6. The number of pyridine rings is 1. The van der Waals surface area contributed by atoms with Gasteiger partial charge in [0.15, 0.2) is 17.3 Å². The van der Waals surface area contributed by atoms with Crippen molar-refractivity contribution in [2.24, 2.45) is 0 Å². The van der Waals surface area contributed by atoms with E-state index in [0.717, 1.165) is 67.1 Å². The molecule has 1 unspecified atom stereocenters. The number of benzene rings is 2. The minimum absolute atomic E-state index is 0.103. The Labute approximate surface area is 227 Å². The number of fused-ring (bicyclic) bond motifs is 2. The van der Waals surface area contributed by atoms with Crippen LogP contribution in [0.5, 0.6) is 11.5 Å². The summed E-state index contributed by atoms with van der Waals surface area (Å²) >= 11 is 0. The van der Waals surface area contributed by atoms with Crippen LogP contribution >= 0.6 is 0 Å². The largest absolute Gasteiger partial charge is 0.454 e. The van der Waals surface area contributed by atoms with Crippen molar-refractivity contribution in [1.29, 1.82) is 0 Å². The molecule has 0 saturated carbocycles. The minimum Gasteiger partial charge on any atom is -0.454 e. The van der Waals surface area contributed by atoms with E-state index in [-0.39, 0.29) is 23.9 Å². The Morgan fingerprint density at radius 1 is 1.05 bits per heavy atom. The van der Waals surface area contributed by atoms with Crippen molar-refractivity contribution in [3.05, 3.63) is 75.3 Å². The quantitative estimate of drug-likeness (QED) is 0.388. The fourth-order valence-corrected chi connectivity index (χ4v) is 5.53. The van der Waals surface area contributed by atoms with Crippen molar-refractivity contribution in [3.63, 3.8) is 0 Å². The van der Waals surface area contributed by atoms with E-state index in [1.54, 1.807) is 0 Å². The Balaban J connectivity index is 1.32. The molecule has 39 heavy (non-hydrogen) atoms. The average molecular weight is 530 g/mol. The minimum atomic E-state index is -0.368. The first kappa shape index (κ1) is 25.5. The summed E-state index contributed by atoms with van der Waals surface area (Å²) in [4.78, 5) is 21.5. The number of aryl methyl sites for hydroxylation is 1. The molecule has 204 valence electrons. The third-order valence-electron chi connectivity index (χ3n) is 8.20. The maximum absolute atomic E-state index is 13.6. The molecule has 1 atom stereocenters. The van der Waals surface area contributed by atoms with E-state index < -0.39 is 0 Å². The lowest BCUT2D eigenvalue weighted by Crippen LogP contribution is -2.49. The summed E-state index contributed by atoms with van der Waals surface area (Å²) in [5, 5.41) is 14.0. The van der Waals surface area contributed by atoms with Gasteiger partial charge in [0, 0.05) is 38.3 Å². The summed E-state index contributed by atoms with van der Waals surface area (Å²) in [6, 6.07) is 13.9. The maximum Gasteiger partial charge on any atom is 0.253 e. The van der Waals surface area contributed by atoms with Gasteiger partial charge in [-0.3, -0.25) is 14.6 Å². The second-order valence-electron chi connectivity index (χ2n) is 11.1. The first-order valence-corrected chi connectivity index (χ1v) is 13.6. The van der Waals surface area contributed by atoms with Crippen molar-refractivity contribution < 1.29 is 9.47 Å². The van der Waals surface area contributed by atoms with Crippen LogP contribution in [-0.4, -0.2) is 68.0 Å². The molecular formula is C29H35N7O3. The molecule has 1 saturated heterocycles. The van der Waals surface area contributed by atoms with Crippen LogP contribution in [0.1, 0.15) is 55.7 Å². The van der Waals surface area contributed by atoms with Gasteiger partial charge in [-0.2, -0.15) is 0 Å². The molecule has 0 bridgehead atoms. The van der Waals surface area contributed by atoms with Gasteiger partial charge in [-0.25, -0.2) is 4.68 Å². The molecule has 4 heterocycles. The standard InChI is InChI=1S/C29H35N7O3/c1-5-29(3,4)36-27(31-32-33-36)26(22-16-21-8-6-7-19(2)25(21)30-28(22)37)35-13-11-34(12-14-35)17-20-9-10-23-24(15-20)39-18-38-23/h6-10,15-16,26H,5,11-14,17-18H2,1-4H3,(H,30,37). The molecule has 2 aromatic carbocycles. The molecule has 1 fully saturated rings. The van der Waals surface area contributed by atoms with Crippen LogP contribution < -0.4 is 15.0 Å². The highest BCUT2D eigenvalue weighted by molar-refractivity contribution is 5.82. The highest BCUT2D eigenvalue weighted by Gasteiger charge is 2.35. The smallest absolute Gasteiger partial charge is 0.253 e. The van der Waals surface area contributed by atoms with E-state index in [0.29, 0.717) is 11.4 Å². The normalized spacial score (nSPS) is 17.1. The number of piperazine rings is 1. The molecule has 4 aromatic rings. The Hall–Kier alpha value is -3.76. The van der Waals surface area contributed by atoms with Gasteiger partial charge in [0.2, 0.25) is 6.79 Å². The van der Waals surface area contributed by atoms with E-state index >= 15 is 0 Å². The van der Waals surface area contributed by atoms with Crippen molar-refractivity contribution in [2.45, 2.75) is 52.2 Å². The molecule has 2 aliphatic heterocycles. The number of ether oxygens (including phenoxy) is 2. The van der Waals surface area contributed by atoms with E-state index in [9.17, 15) is 4.79 Å². The highest BCUT2D eigenvalue weighted by Crippen LogP contribution is 2.34. The van der Waals surface area contributed by atoms with Gasteiger partial charge in [-0.05, 0) is 72.3 Å². The van der Waals surface area contributed by atoms with Crippen molar-refractivity contribution in [3.8, 4) is 11.5 Å². The van der Waals surface area contributed by atoms with Crippen LogP contribution in [0.15, 0.2) is 47.3 Å². The molecule has 10 heteroatoms. The molecule has 2 aliphatic rings. The predicted octanol–water partition coefficient (Wildman–Crippen LogP) is 3.60. The SMILES string of the molecule is CCC(C)(C)n1nnnc1C(c1cc2cccc(C)c2[nH]c1=O)N1CCN(Cc2ccc3c(c2)OCO3)CC1. The van der Waals surface area contributed by atoms with Crippen molar-refractivity contribution in [1.82, 2.24) is 35.0 Å². The highest BCUT2D eigenvalue weighted by atomic mass is 16.7. The molecule has 0 amide bonds. The van der Waals surface area contributed by atoms with E-state index in [4.69, 9.17) is 9.47 Å². The summed E-state index contributed by atoms with van der Waals surface area (Å²) in [6.45, 7) is 12.8. The molecule has 1 N–H and O–H groups in total. The third-order valence-corrected chi connectivity index (χ3v) is 8.20. The number of hydrogen-bond donors (Lipinski definition) is 1.